The first kappa shape index (κ1) is 15.5. The van der Waals surface area contributed by atoms with E-state index in [9.17, 15) is 0 Å². The molecule has 0 heterocycles. The normalized spacial score (nSPS) is 17.1. The molecule has 0 unspecified atom stereocenters. The van der Waals surface area contributed by atoms with Crippen LogP contribution in [-0.2, 0) is 0 Å². The molecule has 1 heteroatoms. The zero-order chi connectivity index (χ0) is 12.6. The molecule has 0 aromatic rings. The van der Waals surface area contributed by atoms with Gasteiger partial charge in [-0.05, 0) is 38.5 Å². The van der Waals surface area contributed by atoms with Crippen molar-refractivity contribution < 1.29 is 0 Å². The molecule has 0 amide bonds. The highest BCUT2D eigenvalue weighted by molar-refractivity contribution is 7.76. The average Bonchev–Trinajstić information content (AvgIpc) is 2.28. The lowest BCUT2D eigenvalue weighted by Crippen LogP contribution is -2.28. The fourth-order valence-corrected chi connectivity index (χ4v) is 9.30. The molecule has 1 fully saturated rings. The fourth-order valence-electron chi connectivity index (χ4n) is 3.24. The van der Waals surface area contributed by atoms with E-state index in [0.29, 0.717) is 0 Å². The van der Waals surface area contributed by atoms with Gasteiger partial charge in [-0.1, -0.05) is 40.0 Å². The van der Waals surface area contributed by atoms with Crippen LogP contribution in [0.25, 0.3) is 0 Å². The van der Waals surface area contributed by atoms with Gasteiger partial charge in [0.2, 0.25) is 0 Å². The molecule has 1 rings (SSSR count). The Morgan fingerprint density at radius 1 is 0.765 bits per heavy atom. The first-order chi connectivity index (χ1) is 8.29. The third kappa shape index (κ3) is 4.55. The maximum absolute atomic E-state index is 2.37. The average molecular weight is 257 g/mol. The van der Waals surface area contributed by atoms with Gasteiger partial charge in [0.25, 0.3) is 0 Å². The van der Waals surface area contributed by atoms with Crippen molar-refractivity contribution in [2.75, 3.05) is 18.5 Å². The largest absolute Gasteiger partial charge is 0.0697 e. The van der Waals surface area contributed by atoms with Crippen LogP contribution in [0.5, 0.6) is 0 Å². The molecule has 17 heavy (non-hydrogen) atoms. The van der Waals surface area contributed by atoms with Gasteiger partial charge >= 0.3 is 0 Å². The quantitative estimate of drug-likeness (QED) is 0.424. The molecule has 1 aliphatic rings. The van der Waals surface area contributed by atoms with Crippen molar-refractivity contribution in [1.82, 2.24) is 0 Å². The van der Waals surface area contributed by atoms with Crippen LogP contribution in [0.3, 0.4) is 0 Å². The Hall–Kier alpha value is 0.430. The molecule has 0 aromatic carbocycles. The van der Waals surface area contributed by atoms with Gasteiger partial charge in [-0.2, -0.15) is 0 Å². The first-order valence-corrected chi connectivity index (χ1v) is 10.6. The van der Waals surface area contributed by atoms with Gasteiger partial charge in [-0.3, -0.25) is 0 Å². The molecule has 102 valence electrons. The Kier molecular flexibility index (Phi) is 7.76. The zero-order valence-electron chi connectivity index (χ0n) is 12.5. The van der Waals surface area contributed by atoms with Crippen molar-refractivity contribution >= 4 is 7.26 Å². The minimum absolute atomic E-state index is 0.550. The highest BCUT2D eigenvalue weighted by Gasteiger charge is 2.46. The summed E-state index contributed by atoms with van der Waals surface area (Å²) in [5.74, 6) is 0. The summed E-state index contributed by atoms with van der Waals surface area (Å²) in [6, 6.07) is 0. The molecule has 0 radical (unpaired) electrons. The van der Waals surface area contributed by atoms with E-state index < -0.39 is 7.26 Å². The van der Waals surface area contributed by atoms with Crippen LogP contribution >= 0.6 is 7.26 Å². The molecule has 0 aromatic heterocycles. The van der Waals surface area contributed by atoms with Crippen molar-refractivity contribution in [3.63, 3.8) is 0 Å². The highest BCUT2D eigenvalue weighted by Crippen LogP contribution is 2.69. The van der Waals surface area contributed by atoms with Crippen molar-refractivity contribution in [3.05, 3.63) is 0 Å². The second kappa shape index (κ2) is 8.52. The molecule has 0 atom stereocenters. The second-order valence-electron chi connectivity index (χ2n) is 6.03. The molecule has 0 spiro atoms. The van der Waals surface area contributed by atoms with Crippen molar-refractivity contribution in [2.45, 2.75) is 84.2 Å². The number of unbranched alkanes of at least 4 members (excludes halogenated alkanes) is 3. The molecule has 0 N–H and O–H groups in total. The number of hydrogen-bond acceptors (Lipinski definition) is 0. The van der Waals surface area contributed by atoms with E-state index in [4.69, 9.17) is 0 Å². The third-order valence-electron chi connectivity index (χ3n) is 4.72. The number of rotatable bonds is 10. The van der Waals surface area contributed by atoms with E-state index in [2.05, 4.69) is 20.8 Å². The highest BCUT2D eigenvalue weighted by atomic mass is 31.2. The summed E-state index contributed by atoms with van der Waals surface area (Å²) in [6.45, 7) is 7.11. The third-order valence-corrected chi connectivity index (χ3v) is 10.4. The number of hydrogen-bond donors (Lipinski definition) is 0. The van der Waals surface area contributed by atoms with Crippen LogP contribution in [0.2, 0.25) is 0 Å². The van der Waals surface area contributed by atoms with E-state index in [1.165, 1.54) is 50.6 Å². The van der Waals surface area contributed by atoms with Crippen molar-refractivity contribution in [1.29, 1.82) is 0 Å². The molecule has 0 nitrogen and oxygen atoms in total. The first-order valence-electron chi connectivity index (χ1n) is 8.14. The molecule has 0 bridgehead atoms. The van der Waals surface area contributed by atoms with Crippen LogP contribution in [0.4, 0.5) is 0 Å². The van der Waals surface area contributed by atoms with Crippen LogP contribution in [0, 0.1) is 0 Å². The summed E-state index contributed by atoms with van der Waals surface area (Å²) in [5, 5.41) is 0. The Labute approximate surface area is 110 Å². The molecule has 0 saturated heterocycles. The maximum atomic E-state index is 2.37. The minimum Gasteiger partial charge on any atom is -0.0652 e. The van der Waals surface area contributed by atoms with E-state index in [-0.39, 0.29) is 0 Å². The monoisotopic (exact) mass is 257 g/mol. The second-order valence-corrected chi connectivity index (χ2v) is 10.5. The summed E-state index contributed by atoms with van der Waals surface area (Å²) >= 11 is 0. The predicted molar refractivity (Wildman–Crippen MR) is 83.9 cm³/mol. The summed E-state index contributed by atoms with van der Waals surface area (Å²) in [5.41, 5.74) is 1.20. The van der Waals surface area contributed by atoms with Crippen molar-refractivity contribution in [2.24, 2.45) is 0 Å². The van der Waals surface area contributed by atoms with E-state index in [0.717, 1.165) is 0 Å². The Bertz CT molecular complexity index is 162. The van der Waals surface area contributed by atoms with Gasteiger partial charge in [0.05, 0.1) is 24.1 Å². The smallest absolute Gasteiger partial charge is 0.0652 e. The Morgan fingerprint density at radius 2 is 1.18 bits per heavy atom. The van der Waals surface area contributed by atoms with Crippen molar-refractivity contribution in [3.8, 4) is 0 Å². The predicted octanol–water partition coefficient (Wildman–Crippen LogP) is 5.96. The van der Waals surface area contributed by atoms with Gasteiger partial charge < -0.3 is 0 Å². The summed E-state index contributed by atoms with van der Waals surface area (Å²) in [7, 11) is -0.550. The summed E-state index contributed by atoms with van der Waals surface area (Å²) in [4.78, 5) is 0. The topological polar surface area (TPSA) is 0 Å². The summed E-state index contributed by atoms with van der Waals surface area (Å²) < 4.78 is 0. The van der Waals surface area contributed by atoms with Gasteiger partial charge in [0.15, 0.2) is 0 Å². The fraction of sp³-hybridized carbons (Fsp3) is 1.00. The van der Waals surface area contributed by atoms with Gasteiger partial charge in [0.1, 0.15) is 0 Å². The van der Waals surface area contributed by atoms with Crippen LogP contribution in [0.1, 0.15) is 78.6 Å². The Balaban J connectivity index is 2.59. The SMILES string of the molecule is CCCC[P+](CCCC)(CCCC)C1CCC1. The molecular formula is C16H34P+. The summed E-state index contributed by atoms with van der Waals surface area (Å²) in [6.07, 6.45) is 18.4. The standard InChI is InChI=1S/C16H34P/c1-4-7-13-17(14-8-5-2,15-9-6-3)16-11-10-12-16/h16H,4-15H2,1-3H3/q+1. The van der Waals surface area contributed by atoms with Crippen LogP contribution in [-0.4, -0.2) is 24.1 Å². The molecule has 0 aliphatic heterocycles. The van der Waals surface area contributed by atoms with E-state index in [1.54, 1.807) is 31.3 Å². The molecule has 1 saturated carbocycles. The zero-order valence-corrected chi connectivity index (χ0v) is 13.4. The van der Waals surface area contributed by atoms with E-state index in [1.807, 2.05) is 0 Å². The van der Waals surface area contributed by atoms with Gasteiger partial charge in [-0.15, -0.1) is 0 Å². The van der Waals surface area contributed by atoms with E-state index >= 15 is 0 Å². The van der Waals surface area contributed by atoms with Gasteiger partial charge in [-0.25, -0.2) is 0 Å². The van der Waals surface area contributed by atoms with Crippen LogP contribution < -0.4 is 0 Å². The van der Waals surface area contributed by atoms with Gasteiger partial charge in [0, 0.05) is 7.26 Å². The lowest BCUT2D eigenvalue weighted by Gasteiger charge is -2.40. The lowest BCUT2D eigenvalue weighted by molar-refractivity contribution is 0.504. The van der Waals surface area contributed by atoms with Crippen LogP contribution in [0.15, 0.2) is 0 Å². The molecule has 1 aliphatic carbocycles. The molecular weight excluding hydrogens is 223 g/mol. The Morgan fingerprint density at radius 3 is 1.41 bits per heavy atom. The lowest BCUT2D eigenvalue weighted by atomic mass is 10.00. The maximum Gasteiger partial charge on any atom is 0.0697 e. The minimum atomic E-state index is -0.550.